The molecule has 1 unspecified atom stereocenters. The maximum absolute atomic E-state index is 11.9. The lowest BCUT2D eigenvalue weighted by Gasteiger charge is -2.11. The molecule has 0 aromatic carbocycles. The molecule has 0 aliphatic rings. The Labute approximate surface area is 125 Å². The number of carbonyl (C=O) groups excluding carboxylic acids is 2. The molecule has 0 fully saturated rings. The Bertz CT molecular complexity index is 610. The van der Waals surface area contributed by atoms with Gasteiger partial charge < -0.3 is 10.1 Å². The number of nitrogens with zero attached hydrogens (tertiary/aromatic N) is 1. The van der Waals surface area contributed by atoms with E-state index in [0.717, 1.165) is 11.5 Å². The average Bonchev–Trinajstić information content (AvgIpc) is 2.92. The van der Waals surface area contributed by atoms with Gasteiger partial charge in [0.1, 0.15) is 11.6 Å². The standard InChI is InChI=1S/C14H17N3O2.C2H6/c1-4-7-10-12(5-2)16-17-13(10)11(8-6-9-18)14(19)15-3;1-2/h4,7,9,11,16H,1-2,6,8H2,3H3,(H,15,19);1-2H3/b10-7+;. The van der Waals surface area contributed by atoms with Crippen LogP contribution in [0.2, 0.25) is 0 Å². The second kappa shape index (κ2) is 10.4. The summed E-state index contributed by atoms with van der Waals surface area (Å²) < 4.78 is 0. The van der Waals surface area contributed by atoms with Crippen molar-refractivity contribution in [3.63, 3.8) is 0 Å². The van der Waals surface area contributed by atoms with Crippen molar-refractivity contribution in [2.24, 2.45) is 0 Å². The monoisotopic (exact) mass is 289 g/mol. The van der Waals surface area contributed by atoms with Crippen molar-refractivity contribution in [2.45, 2.75) is 32.6 Å². The van der Waals surface area contributed by atoms with E-state index in [1.807, 2.05) is 13.8 Å². The van der Waals surface area contributed by atoms with Crippen LogP contribution in [0, 0.1) is 0 Å². The molecule has 5 nitrogen and oxygen atoms in total. The summed E-state index contributed by atoms with van der Waals surface area (Å²) in [5.74, 6) is -0.664. The van der Waals surface area contributed by atoms with E-state index in [9.17, 15) is 9.59 Å². The molecule has 0 bridgehead atoms. The van der Waals surface area contributed by atoms with Gasteiger partial charge in [-0.25, -0.2) is 0 Å². The van der Waals surface area contributed by atoms with Crippen molar-refractivity contribution in [3.05, 3.63) is 35.5 Å². The lowest BCUT2D eigenvalue weighted by molar-refractivity contribution is -0.122. The highest BCUT2D eigenvalue weighted by Crippen LogP contribution is 2.15. The van der Waals surface area contributed by atoms with Crippen LogP contribution in [0.3, 0.4) is 0 Å². The molecule has 5 heteroatoms. The minimum Gasteiger partial charge on any atom is -0.359 e. The number of aromatic amines is 1. The van der Waals surface area contributed by atoms with Crippen molar-refractivity contribution >= 4 is 24.0 Å². The van der Waals surface area contributed by atoms with E-state index in [1.54, 1.807) is 19.2 Å². The largest absolute Gasteiger partial charge is 0.359 e. The van der Waals surface area contributed by atoms with Gasteiger partial charge >= 0.3 is 0 Å². The first-order valence-corrected chi connectivity index (χ1v) is 6.91. The molecule has 1 aromatic rings. The number of allylic oxidation sites excluding steroid dienone is 1. The van der Waals surface area contributed by atoms with Crippen molar-refractivity contribution < 1.29 is 9.59 Å². The molecule has 0 spiro atoms. The summed E-state index contributed by atoms with van der Waals surface area (Å²) in [5, 5.41) is 10.8. The Balaban J connectivity index is 0.00000191. The van der Waals surface area contributed by atoms with Gasteiger partial charge in [-0.3, -0.25) is 9.89 Å². The quantitative estimate of drug-likeness (QED) is 0.760. The minimum absolute atomic E-state index is 0.178. The summed E-state index contributed by atoms with van der Waals surface area (Å²) in [6, 6.07) is 0. The summed E-state index contributed by atoms with van der Waals surface area (Å²) in [5.41, 5.74) is 3.30. The third-order valence-corrected chi connectivity index (χ3v) is 2.76. The number of hydrogen-bond donors (Lipinski definition) is 2. The first-order valence-electron chi connectivity index (χ1n) is 6.91. The van der Waals surface area contributed by atoms with Crippen LogP contribution in [0.1, 0.15) is 38.3 Å². The van der Waals surface area contributed by atoms with E-state index in [4.69, 9.17) is 0 Å². The Morgan fingerprint density at radius 3 is 2.67 bits per heavy atom. The topological polar surface area (TPSA) is 74.8 Å². The van der Waals surface area contributed by atoms with Gasteiger partial charge in [-0.2, -0.15) is 5.10 Å². The predicted molar refractivity (Wildman–Crippen MR) is 85.0 cm³/mol. The molecule has 1 atom stereocenters. The highest BCUT2D eigenvalue weighted by atomic mass is 16.1. The number of H-pyrrole nitrogens is 1. The lowest BCUT2D eigenvalue weighted by Crippen LogP contribution is -2.32. The van der Waals surface area contributed by atoms with E-state index in [0.29, 0.717) is 23.9 Å². The summed E-state index contributed by atoms with van der Waals surface area (Å²) in [4.78, 5) is 22.4. The number of hydrogen-bond acceptors (Lipinski definition) is 3. The molecule has 114 valence electrons. The van der Waals surface area contributed by atoms with Crippen LogP contribution in [0.4, 0.5) is 0 Å². The van der Waals surface area contributed by atoms with Crippen molar-refractivity contribution in [2.75, 3.05) is 7.05 Å². The fourth-order valence-corrected chi connectivity index (χ4v) is 1.85. The molecule has 1 heterocycles. The fraction of sp³-hybridized carbons (Fsp3) is 0.375. The van der Waals surface area contributed by atoms with Gasteiger partial charge in [-0.05, 0) is 6.42 Å². The first kappa shape index (κ1) is 18.6. The molecule has 21 heavy (non-hydrogen) atoms. The predicted octanol–water partition coefficient (Wildman–Crippen LogP) is 0.776. The summed E-state index contributed by atoms with van der Waals surface area (Å²) >= 11 is 0. The van der Waals surface area contributed by atoms with Gasteiger partial charge in [0.15, 0.2) is 0 Å². The number of rotatable bonds is 6. The summed E-state index contributed by atoms with van der Waals surface area (Å²) in [6.07, 6.45) is 4.84. The second-order valence-corrected chi connectivity index (χ2v) is 3.89. The van der Waals surface area contributed by atoms with Crippen molar-refractivity contribution in [1.29, 1.82) is 0 Å². The molecule has 0 aliphatic carbocycles. The van der Waals surface area contributed by atoms with Gasteiger partial charge in [0.25, 0.3) is 0 Å². The van der Waals surface area contributed by atoms with E-state index in [2.05, 4.69) is 34.4 Å². The Morgan fingerprint density at radius 2 is 2.19 bits per heavy atom. The molecule has 2 N–H and O–H groups in total. The molecule has 0 radical (unpaired) electrons. The maximum atomic E-state index is 11.9. The third-order valence-electron chi connectivity index (χ3n) is 2.76. The van der Waals surface area contributed by atoms with Crippen molar-refractivity contribution in [3.8, 4) is 0 Å². The second-order valence-electron chi connectivity index (χ2n) is 3.89. The molecule has 1 amide bonds. The zero-order valence-corrected chi connectivity index (χ0v) is 12.9. The molecular formula is C16H23N3O2. The van der Waals surface area contributed by atoms with Crippen LogP contribution in [0.5, 0.6) is 0 Å². The highest BCUT2D eigenvalue weighted by Gasteiger charge is 2.22. The third kappa shape index (κ3) is 4.89. The van der Waals surface area contributed by atoms with Crippen LogP contribution in [0.25, 0.3) is 11.8 Å². The highest BCUT2D eigenvalue weighted by molar-refractivity contribution is 5.83. The smallest absolute Gasteiger partial charge is 0.228 e. The molecule has 0 saturated carbocycles. The maximum Gasteiger partial charge on any atom is 0.228 e. The number of carbonyl (C=O) groups is 2. The molecule has 1 aromatic heterocycles. The molecule has 0 aliphatic heterocycles. The van der Waals surface area contributed by atoms with Crippen LogP contribution in [0.15, 0.2) is 19.2 Å². The van der Waals surface area contributed by atoms with E-state index >= 15 is 0 Å². The summed E-state index contributed by atoms with van der Waals surface area (Å²) in [7, 11) is 1.56. The normalized spacial score (nSPS) is 11.7. The van der Waals surface area contributed by atoms with Crippen molar-refractivity contribution in [1.82, 2.24) is 15.5 Å². The molecule has 1 rings (SSSR count). The number of amides is 1. The zero-order chi connectivity index (χ0) is 16.3. The Hall–Kier alpha value is -2.39. The number of aromatic nitrogens is 2. The van der Waals surface area contributed by atoms with Gasteiger partial charge in [-0.1, -0.05) is 39.2 Å². The number of aldehydes is 1. The Morgan fingerprint density at radius 1 is 1.52 bits per heavy atom. The van der Waals surface area contributed by atoms with Crippen LogP contribution < -0.4 is 15.9 Å². The van der Waals surface area contributed by atoms with E-state index < -0.39 is 5.92 Å². The summed E-state index contributed by atoms with van der Waals surface area (Å²) in [6.45, 7) is 11.2. The Kier molecular flexibility index (Phi) is 9.22. The fourth-order valence-electron chi connectivity index (χ4n) is 1.85. The van der Waals surface area contributed by atoms with Crippen LogP contribution in [-0.4, -0.2) is 29.4 Å². The van der Waals surface area contributed by atoms with Crippen LogP contribution in [-0.2, 0) is 9.59 Å². The van der Waals surface area contributed by atoms with E-state index in [1.165, 1.54) is 0 Å². The zero-order valence-electron chi connectivity index (χ0n) is 12.9. The van der Waals surface area contributed by atoms with Gasteiger partial charge in [0.05, 0.1) is 11.6 Å². The van der Waals surface area contributed by atoms with Crippen LogP contribution >= 0.6 is 0 Å². The SMILES string of the molecule is C=C=c1[nH]nc(C(CCC=O)C(=O)NC)/c1=C/C=C.CC. The average molecular weight is 289 g/mol. The lowest BCUT2D eigenvalue weighted by atomic mass is 9.97. The minimum atomic E-state index is -0.486. The first-order chi connectivity index (χ1) is 10.2. The molecule has 0 saturated heterocycles. The van der Waals surface area contributed by atoms with Gasteiger partial charge in [0.2, 0.25) is 5.91 Å². The number of nitrogens with one attached hydrogen (secondary N) is 2. The van der Waals surface area contributed by atoms with Gasteiger partial charge in [0, 0.05) is 18.7 Å². The molecular weight excluding hydrogens is 266 g/mol. The number of likely N-dealkylation sites (N-methyl/N-ethyl adjacent to an activating group) is 1. The van der Waals surface area contributed by atoms with E-state index in [-0.39, 0.29) is 5.91 Å². The van der Waals surface area contributed by atoms with Gasteiger partial charge in [-0.15, -0.1) is 5.73 Å².